The predicted molar refractivity (Wildman–Crippen MR) is 52.7 cm³/mol. The molecule has 3 heteroatoms. The number of carboxylic acids is 1. The first kappa shape index (κ1) is 14.3. The highest BCUT2D eigenvalue weighted by molar-refractivity contribution is 6.15. The van der Waals surface area contributed by atoms with E-state index in [-0.39, 0.29) is 5.92 Å². The number of hydrogen-bond acceptors (Lipinski definition) is 1. The van der Waals surface area contributed by atoms with Crippen molar-refractivity contribution in [2.24, 2.45) is 5.92 Å². The van der Waals surface area contributed by atoms with Crippen LogP contribution < -0.4 is 0 Å². The summed E-state index contributed by atoms with van der Waals surface area (Å²) in [6, 6.07) is 0. The van der Waals surface area contributed by atoms with Gasteiger partial charge in [-0.2, -0.15) is 0 Å². The summed E-state index contributed by atoms with van der Waals surface area (Å²) in [5.74, 6) is -0.831. The summed E-state index contributed by atoms with van der Waals surface area (Å²) in [7, 11) is 0. The zero-order chi connectivity index (χ0) is 9.98. The number of carboxylic acid groups (broad SMARTS) is 1. The van der Waals surface area contributed by atoms with E-state index in [1.54, 1.807) is 6.92 Å². The van der Waals surface area contributed by atoms with Gasteiger partial charge in [0, 0.05) is 6.38 Å². The number of carbonyl (C=O) groups is 1. The van der Waals surface area contributed by atoms with E-state index in [2.05, 4.69) is 18.5 Å². The molecular weight excluding hydrogens is 176 g/mol. The number of rotatable bonds is 5. The van der Waals surface area contributed by atoms with Gasteiger partial charge < -0.3 is 5.11 Å². The molecule has 0 saturated heterocycles. The van der Waals surface area contributed by atoms with Gasteiger partial charge in [-0.3, -0.25) is 4.79 Å². The van der Waals surface area contributed by atoms with Gasteiger partial charge >= 0.3 is 5.97 Å². The van der Waals surface area contributed by atoms with E-state index in [1.807, 2.05) is 0 Å². The number of unbranched alkanes of at least 4 members (excludes halogenated alkanes) is 2. The third-order valence-corrected chi connectivity index (χ3v) is 1.66. The Morgan fingerprint density at radius 2 is 1.92 bits per heavy atom. The lowest BCUT2D eigenvalue weighted by Crippen LogP contribution is -2.08. The maximum absolute atomic E-state index is 10.3. The van der Waals surface area contributed by atoms with Crippen molar-refractivity contribution in [3.8, 4) is 0 Å². The van der Waals surface area contributed by atoms with Crippen LogP contribution in [-0.4, -0.2) is 17.5 Å². The zero-order valence-electron chi connectivity index (χ0n) is 8.14. The Kier molecular flexibility index (Phi) is 12.8. The summed E-state index contributed by atoms with van der Waals surface area (Å²) in [6.45, 7) is 3.88. The molecule has 0 aromatic rings. The molecule has 0 aliphatic heterocycles. The first-order valence-electron chi connectivity index (χ1n) is 4.29. The highest BCUT2D eigenvalue weighted by atomic mass is 35.5. The summed E-state index contributed by atoms with van der Waals surface area (Å²) in [6.07, 6.45) is 5.65. The van der Waals surface area contributed by atoms with E-state index in [0.717, 1.165) is 25.7 Å². The average molecular weight is 195 g/mol. The monoisotopic (exact) mass is 194 g/mol. The Balaban J connectivity index is 0. The van der Waals surface area contributed by atoms with Gasteiger partial charge in [-0.15, -0.1) is 11.6 Å². The molecule has 0 heterocycles. The van der Waals surface area contributed by atoms with Crippen LogP contribution in [0.4, 0.5) is 0 Å². The van der Waals surface area contributed by atoms with Crippen LogP contribution in [0.3, 0.4) is 0 Å². The van der Waals surface area contributed by atoms with Gasteiger partial charge in [-0.1, -0.05) is 33.1 Å². The Hall–Kier alpha value is -0.240. The first-order valence-corrected chi connectivity index (χ1v) is 5.04. The van der Waals surface area contributed by atoms with Gasteiger partial charge in [0.1, 0.15) is 0 Å². The maximum Gasteiger partial charge on any atom is 0.306 e. The largest absolute Gasteiger partial charge is 0.481 e. The van der Waals surface area contributed by atoms with E-state index in [0.29, 0.717) is 0 Å². The number of hydrogen-bond donors (Lipinski definition) is 1. The second kappa shape index (κ2) is 10.8. The normalized spacial score (nSPS) is 11.3. The molecule has 0 saturated carbocycles. The van der Waals surface area contributed by atoms with E-state index >= 15 is 0 Å². The topological polar surface area (TPSA) is 37.3 Å². The summed E-state index contributed by atoms with van der Waals surface area (Å²) in [5, 5.41) is 8.48. The average Bonchev–Trinajstić information content (AvgIpc) is 2.08. The van der Waals surface area contributed by atoms with Crippen molar-refractivity contribution < 1.29 is 9.90 Å². The van der Waals surface area contributed by atoms with Crippen molar-refractivity contribution in [1.29, 1.82) is 0 Å². The van der Waals surface area contributed by atoms with Gasteiger partial charge in [-0.25, -0.2) is 0 Å². The molecule has 1 atom stereocenters. The van der Waals surface area contributed by atoms with Crippen molar-refractivity contribution in [2.45, 2.75) is 39.5 Å². The van der Waals surface area contributed by atoms with E-state index in [4.69, 9.17) is 5.11 Å². The minimum Gasteiger partial charge on any atom is -0.481 e. The molecule has 0 rings (SSSR count). The van der Waals surface area contributed by atoms with Gasteiger partial charge in [0.05, 0.1) is 5.92 Å². The van der Waals surface area contributed by atoms with Crippen LogP contribution >= 0.6 is 11.6 Å². The predicted octanol–water partition coefficient (Wildman–Crippen LogP) is 3.14. The molecule has 2 nitrogen and oxygen atoms in total. The Labute approximate surface area is 79.9 Å². The van der Waals surface area contributed by atoms with E-state index < -0.39 is 5.97 Å². The SMILES string of the molecule is CCCCCC(C)C(=O)O.CCl. The molecule has 0 aromatic heterocycles. The molecule has 1 unspecified atom stereocenters. The lowest BCUT2D eigenvalue weighted by Gasteiger charge is -2.03. The van der Waals surface area contributed by atoms with Crippen LogP contribution in [0.2, 0.25) is 0 Å². The van der Waals surface area contributed by atoms with Crippen LogP contribution in [0.1, 0.15) is 39.5 Å². The van der Waals surface area contributed by atoms with Crippen LogP contribution in [-0.2, 0) is 4.79 Å². The molecule has 0 bridgehead atoms. The second-order valence-corrected chi connectivity index (χ2v) is 2.74. The summed E-state index contributed by atoms with van der Waals surface area (Å²) < 4.78 is 0. The van der Waals surface area contributed by atoms with Crippen LogP contribution in [0.5, 0.6) is 0 Å². The minimum atomic E-state index is -0.670. The first-order chi connectivity index (χ1) is 5.68. The Morgan fingerprint density at radius 1 is 1.42 bits per heavy atom. The van der Waals surface area contributed by atoms with E-state index in [1.165, 1.54) is 6.38 Å². The summed E-state index contributed by atoms with van der Waals surface area (Å²) in [5.41, 5.74) is 0. The summed E-state index contributed by atoms with van der Waals surface area (Å²) in [4.78, 5) is 10.3. The second-order valence-electron chi connectivity index (χ2n) is 2.74. The Bertz CT molecular complexity index is 105. The van der Waals surface area contributed by atoms with E-state index in [9.17, 15) is 4.79 Å². The molecule has 0 aliphatic carbocycles. The molecular formula is C9H19ClO2. The van der Waals surface area contributed by atoms with Gasteiger partial charge in [0.15, 0.2) is 0 Å². The molecule has 12 heavy (non-hydrogen) atoms. The minimum absolute atomic E-state index is 0.161. The molecule has 0 amide bonds. The third-order valence-electron chi connectivity index (χ3n) is 1.66. The van der Waals surface area contributed by atoms with Gasteiger partial charge in [0.25, 0.3) is 0 Å². The Morgan fingerprint density at radius 3 is 2.25 bits per heavy atom. The highest BCUT2D eigenvalue weighted by Gasteiger charge is 2.08. The quantitative estimate of drug-likeness (QED) is 0.539. The van der Waals surface area contributed by atoms with Crippen molar-refractivity contribution in [3.63, 3.8) is 0 Å². The molecule has 74 valence electrons. The van der Waals surface area contributed by atoms with Crippen molar-refractivity contribution in [2.75, 3.05) is 6.38 Å². The third kappa shape index (κ3) is 9.76. The van der Waals surface area contributed by atoms with Crippen molar-refractivity contribution in [1.82, 2.24) is 0 Å². The lowest BCUT2D eigenvalue weighted by atomic mass is 10.0. The van der Waals surface area contributed by atoms with Crippen LogP contribution in [0.25, 0.3) is 0 Å². The molecule has 0 aliphatic rings. The molecule has 0 radical (unpaired) electrons. The molecule has 1 N–H and O–H groups in total. The maximum atomic E-state index is 10.3. The highest BCUT2D eigenvalue weighted by Crippen LogP contribution is 2.08. The number of aliphatic carboxylic acids is 1. The van der Waals surface area contributed by atoms with Gasteiger partial charge in [-0.05, 0) is 6.42 Å². The number of alkyl halides is 1. The smallest absolute Gasteiger partial charge is 0.306 e. The van der Waals surface area contributed by atoms with Crippen LogP contribution in [0.15, 0.2) is 0 Å². The molecule has 0 fully saturated rings. The van der Waals surface area contributed by atoms with Crippen molar-refractivity contribution in [3.05, 3.63) is 0 Å². The zero-order valence-corrected chi connectivity index (χ0v) is 8.90. The molecule has 0 aromatic carbocycles. The van der Waals surface area contributed by atoms with Crippen LogP contribution in [0, 0.1) is 5.92 Å². The standard InChI is InChI=1S/C8H16O2.CH3Cl/c1-3-4-5-6-7(2)8(9)10;1-2/h7H,3-6H2,1-2H3,(H,9,10);1H3. The van der Waals surface area contributed by atoms with Crippen molar-refractivity contribution >= 4 is 17.6 Å². The van der Waals surface area contributed by atoms with Gasteiger partial charge in [0.2, 0.25) is 0 Å². The fourth-order valence-electron chi connectivity index (χ4n) is 0.824. The fraction of sp³-hybridized carbons (Fsp3) is 0.889. The lowest BCUT2D eigenvalue weighted by molar-refractivity contribution is -0.141. The fourth-order valence-corrected chi connectivity index (χ4v) is 0.824. The summed E-state index contributed by atoms with van der Waals surface area (Å²) >= 11 is 4.64. The molecule has 0 spiro atoms. The number of halogens is 1.